The van der Waals surface area contributed by atoms with Gasteiger partial charge in [0.1, 0.15) is 0 Å². The molecule has 150 valence electrons. The van der Waals surface area contributed by atoms with Gasteiger partial charge in [0, 0.05) is 16.5 Å². The van der Waals surface area contributed by atoms with Crippen LogP contribution in [0, 0.1) is 0 Å². The maximum absolute atomic E-state index is 6.20. The van der Waals surface area contributed by atoms with E-state index in [1.807, 2.05) is 26.0 Å². The summed E-state index contributed by atoms with van der Waals surface area (Å²) in [7, 11) is 0.921. The third-order valence-corrected chi connectivity index (χ3v) is 4.62. The Morgan fingerprint density at radius 3 is 1.54 bits per heavy atom. The van der Waals surface area contributed by atoms with Crippen LogP contribution in [0.25, 0.3) is 0 Å². The Hall–Kier alpha value is -0.943. The van der Waals surface area contributed by atoms with Crippen molar-refractivity contribution in [3.63, 3.8) is 0 Å². The Kier molecular flexibility index (Phi) is 12.0. The lowest BCUT2D eigenvalue weighted by molar-refractivity contribution is -0.336. The van der Waals surface area contributed by atoms with E-state index in [0.717, 1.165) is 35.9 Å². The maximum Gasteiger partial charge on any atom is 0.272 e. The van der Waals surface area contributed by atoms with Crippen LogP contribution in [0.1, 0.15) is 67.2 Å². The van der Waals surface area contributed by atoms with Crippen LogP contribution >= 0.6 is 0 Å². The zero-order chi connectivity index (χ0) is 20.2. The molecule has 0 spiro atoms. The molecule has 0 aliphatic heterocycles. The summed E-state index contributed by atoms with van der Waals surface area (Å²) < 4.78 is 18.2. The molecule has 0 aromatic carbocycles. The number of ether oxygens (including phenoxy) is 3. The Morgan fingerprint density at radius 2 is 1.27 bits per heavy atom. The maximum atomic E-state index is 6.20. The van der Waals surface area contributed by atoms with Gasteiger partial charge in [-0.15, -0.1) is 13.2 Å². The standard InChI is InChI=1S/C22H40O3Si/c1-9-21(7,15-11-13-18(3)4)24-20(23-17-26)25-22(8,10-2)16-12-14-19(5)6/h9-10,13-14,20H,1-2,11-12,15-17H2,3-8,26H3. The van der Waals surface area contributed by atoms with Crippen LogP contribution < -0.4 is 0 Å². The van der Waals surface area contributed by atoms with Crippen molar-refractivity contribution in [3.8, 4) is 0 Å². The van der Waals surface area contributed by atoms with Crippen molar-refractivity contribution in [2.24, 2.45) is 0 Å². The van der Waals surface area contributed by atoms with E-state index in [4.69, 9.17) is 14.2 Å². The second-order valence-electron chi connectivity index (χ2n) is 7.65. The van der Waals surface area contributed by atoms with Crippen molar-refractivity contribution in [2.75, 3.05) is 6.23 Å². The van der Waals surface area contributed by atoms with E-state index >= 15 is 0 Å². The molecule has 4 heteroatoms. The number of hydrogen-bond acceptors (Lipinski definition) is 3. The van der Waals surface area contributed by atoms with Gasteiger partial charge in [0.2, 0.25) is 0 Å². The summed E-state index contributed by atoms with van der Waals surface area (Å²) in [4.78, 5) is 0. The molecule has 0 radical (unpaired) electrons. The molecular weight excluding hydrogens is 340 g/mol. The van der Waals surface area contributed by atoms with E-state index in [1.54, 1.807) is 0 Å². The van der Waals surface area contributed by atoms with Crippen molar-refractivity contribution in [3.05, 3.63) is 48.6 Å². The van der Waals surface area contributed by atoms with Crippen LogP contribution in [0.2, 0.25) is 0 Å². The summed E-state index contributed by atoms with van der Waals surface area (Å²) >= 11 is 0. The van der Waals surface area contributed by atoms with Gasteiger partial charge >= 0.3 is 0 Å². The van der Waals surface area contributed by atoms with Gasteiger partial charge in [-0.05, 0) is 67.2 Å². The first-order valence-corrected chi connectivity index (χ1v) is 11.0. The van der Waals surface area contributed by atoms with Crippen molar-refractivity contribution in [1.82, 2.24) is 0 Å². The minimum Gasteiger partial charge on any atom is -0.334 e. The lowest BCUT2D eigenvalue weighted by atomic mass is 9.99. The van der Waals surface area contributed by atoms with E-state index < -0.39 is 17.7 Å². The largest absolute Gasteiger partial charge is 0.334 e. The highest BCUT2D eigenvalue weighted by Gasteiger charge is 2.31. The molecule has 0 saturated carbocycles. The van der Waals surface area contributed by atoms with Crippen LogP contribution in [0.4, 0.5) is 0 Å². The molecule has 2 atom stereocenters. The van der Waals surface area contributed by atoms with Crippen LogP contribution in [-0.4, -0.2) is 34.2 Å². The van der Waals surface area contributed by atoms with Crippen LogP contribution in [-0.2, 0) is 14.2 Å². The summed E-state index contributed by atoms with van der Waals surface area (Å²) in [5, 5.41) is 0. The zero-order valence-corrected chi connectivity index (χ0v) is 20.1. The second kappa shape index (κ2) is 12.4. The van der Waals surface area contributed by atoms with Gasteiger partial charge in [0.25, 0.3) is 6.48 Å². The molecule has 0 heterocycles. The number of allylic oxidation sites excluding steroid dienone is 4. The average molecular weight is 381 g/mol. The van der Waals surface area contributed by atoms with Gasteiger partial charge in [-0.25, -0.2) is 0 Å². The van der Waals surface area contributed by atoms with Gasteiger partial charge in [0.05, 0.1) is 11.2 Å². The summed E-state index contributed by atoms with van der Waals surface area (Å²) in [5.74, 6) is 0. The molecule has 0 rings (SSSR count). The van der Waals surface area contributed by atoms with Gasteiger partial charge in [-0.2, -0.15) is 0 Å². The molecule has 0 aliphatic rings. The lowest BCUT2D eigenvalue weighted by Crippen LogP contribution is -2.40. The normalized spacial score (nSPS) is 16.8. The van der Waals surface area contributed by atoms with E-state index in [0.29, 0.717) is 6.23 Å². The molecule has 0 aliphatic carbocycles. The highest BCUT2D eigenvalue weighted by molar-refractivity contribution is 6.08. The molecule has 0 saturated heterocycles. The van der Waals surface area contributed by atoms with E-state index in [-0.39, 0.29) is 0 Å². The van der Waals surface area contributed by atoms with Crippen molar-refractivity contribution in [2.45, 2.75) is 84.9 Å². The molecule has 0 bridgehead atoms. The Bertz CT molecular complexity index is 448. The quantitative estimate of drug-likeness (QED) is 0.240. The van der Waals surface area contributed by atoms with Crippen molar-refractivity contribution >= 4 is 10.2 Å². The smallest absolute Gasteiger partial charge is 0.272 e. The third kappa shape index (κ3) is 10.9. The first-order valence-electron chi connectivity index (χ1n) is 9.61. The minimum absolute atomic E-state index is 0.505. The highest BCUT2D eigenvalue weighted by Crippen LogP contribution is 2.28. The summed E-state index contributed by atoms with van der Waals surface area (Å²) in [6, 6.07) is 0. The predicted octanol–water partition coefficient (Wildman–Crippen LogP) is 5.02. The molecule has 0 amide bonds. The molecule has 0 fully saturated rings. The topological polar surface area (TPSA) is 27.7 Å². The Balaban J connectivity index is 5.05. The third-order valence-electron chi connectivity index (χ3n) is 4.28. The van der Waals surface area contributed by atoms with Gasteiger partial charge < -0.3 is 14.2 Å². The van der Waals surface area contributed by atoms with Crippen molar-refractivity contribution in [1.29, 1.82) is 0 Å². The fourth-order valence-corrected chi connectivity index (χ4v) is 2.65. The predicted molar refractivity (Wildman–Crippen MR) is 116 cm³/mol. The fraction of sp³-hybridized carbons (Fsp3) is 0.636. The Morgan fingerprint density at radius 1 is 0.885 bits per heavy atom. The highest BCUT2D eigenvalue weighted by atomic mass is 28.1. The molecular formula is C22H40O3Si. The second-order valence-corrected chi connectivity index (χ2v) is 8.23. The molecule has 3 nitrogen and oxygen atoms in total. The van der Waals surface area contributed by atoms with Crippen LogP contribution in [0.15, 0.2) is 48.6 Å². The first kappa shape index (κ1) is 25.1. The van der Waals surface area contributed by atoms with Crippen molar-refractivity contribution < 1.29 is 14.2 Å². The molecule has 0 N–H and O–H groups in total. The van der Waals surface area contributed by atoms with E-state index in [9.17, 15) is 0 Å². The van der Waals surface area contributed by atoms with Gasteiger partial charge in [0.15, 0.2) is 0 Å². The molecule has 26 heavy (non-hydrogen) atoms. The van der Waals surface area contributed by atoms with E-state index in [1.165, 1.54) is 11.1 Å². The zero-order valence-electron chi connectivity index (χ0n) is 18.1. The molecule has 2 unspecified atom stereocenters. The van der Waals surface area contributed by atoms with Crippen LogP contribution in [0.5, 0.6) is 0 Å². The first-order chi connectivity index (χ1) is 12.1. The molecule has 0 aromatic heterocycles. The summed E-state index contributed by atoms with van der Waals surface area (Å²) in [5.41, 5.74) is 1.60. The summed E-state index contributed by atoms with van der Waals surface area (Å²) in [6.45, 7) is 19.6. The average Bonchev–Trinajstić information content (AvgIpc) is 2.54. The monoisotopic (exact) mass is 380 g/mol. The fourth-order valence-electron chi connectivity index (χ4n) is 2.38. The van der Waals surface area contributed by atoms with Gasteiger partial charge in [-0.3, -0.25) is 0 Å². The number of rotatable bonds is 14. The van der Waals surface area contributed by atoms with Crippen LogP contribution in [0.3, 0.4) is 0 Å². The Labute approximate surface area is 164 Å². The van der Waals surface area contributed by atoms with E-state index in [2.05, 4.69) is 53.0 Å². The minimum atomic E-state index is -0.725. The summed E-state index contributed by atoms with van der Waals surface area (Å²) in [6.07, 6.45) is 12.3. The lowest BCUT2D eigenvalue weighted by Gasteiger charge is -2.36. The van der Waals surface area contributed by atoms with Gasteiger partial charge in [-0.1, -0.05) is 35.5 Å². The number of hydrogen-bond donors (Lipinski definition) is 0. The SMILES string of the molecule is C=CC(C)(CCC=C(C)C)OC(OC[SiH3])OC(C)(C=C)CCC=C(C)C. The molecule has 0 aromatic rings.